The molecule has 9 aromatic carbocycles. The van der Waals surface area contributed by atoms with Gasteiger partial charge in [-0.25, -0.2) is 9.97 Å². The van der Waals surface area contributed by atoms with E-state index >= 15 is 0 Å². The lowest BCUT2D eigenvalue weighted by Gasteiger charge is -2.25. The molecule has 0 spiro atoms. The van der Waals surface area contributed by atoms with Gasteiger partial charge in [0.2, 0.25) is 0 Å². The van der Waals surface area contributed by atoms with Crippen molar-refractivity contribution < 1.29 is 4.42 Å². The number of benzene rings is 9. The lowest BCUT2D eigenvalue weighted by Crippen LogP contribution is -2.09. The van der Waals surface area contributed by atoms with E-state index in [0.717, 1.165) is 105 Å². The van der Waals surface area contributed by atoms with Crippen LogP contribution in [0.5, 0.6) is 0 Å². The number of furan rings is 1. The summed E-state index contributed by atoms with van der Waals surface area (Å²) in [7, 11) is 0. The van der Waals surface area contributed by atoms with E-state index in [-0.39, 0.29) is 0 Å². The van der Waals surface area contributed by atoms with Gasteiger partial charge in [-0.3, -0.25) is 0 Å². The highest BCUT2D eigenvalue weighted by molar-refractivity contribution is 6.19. The van der Waals surface area contributed by atoms with Gasteiger partial charge >= 0.3 is 0 Å². The van der Waals surface area contributed by atoms with Crippen LogP contribution >= 0.6 is 0 Å². The van der Waals surface area contributed by atoms with Gasteiger partial charge in [0.15, 0.2) is 0 Å². The predicted molar refractivity (Wildman–Crippen MR) is 233 cm³/mol. The molecule has 0 N–H and O–H groups in total. The largest absolute Gasteiger partial charge is 0.456 e. The molecule has 0 fully saturated rings. The fourth-order valence-corrected chi connectivity index (χ4v) is 8.11. The predicted octanol–water partition coefficient (Wildman–Crippen LogP) is 14.3. The van der Waals surface area contributed by atoms with Gasteiger partial charge in [-0.05, 0) is 81.9 Å². The van der Waals surface area contributed by atoms with Crippen LogP contribution in [0.25, 0.3) is 88.2 Å². The molecule has 0 saturated carbocycles. The van der Waals surface area contributed by atoms with E-state index in [1.54, 1.807) is 0 Å². The second-order valence-corrected chi connectivity index (χ2v) is 14.2. The molecular formula is C52H33N3O. The minimum atomic E-state index is 0.869. The molecule has 0 bridgehead atoms. The van der Waals surface area contributed by atoms with E-state index in [0.29, 0.717) is 0 Å². The van der Waals surface area contributed by atoms with Crippen LogP contribution in [0, 0.1) is 0 Å². The monoisotopic (exact) mass is 715 g/mol. The smallest absolute Gasteiger partial charge is 0.137 e. The van der Waals surface area contributed by atoms with Gasteiger partial charge < -0.3 is 9.32 Å². The van der Waals surface area contributed by atoms with Crippen LogP contribution in [0.3, 0.4) is 0 Å². The summed E-state index contributed by atoms with van der Waals surface area (Å²) in [5, 5.41) is 6.80. The minimum Gasteiger partial charge on any atom is -0.456 e. The minimum absolute atomic E-state index is 0.869. The van der Waals surface area contributed by atoms with Crippen LogP contribution in [-0.4, -0.2) is 9.97 Å². The number of rotatable bonds is 6. The van der Waals surface area contributed by atoms with Crippen LogP contribution in [0.4, 0.5) is 17.1 Å². The summed E-state index contributed by atoms with van der Waals surface area (Å²) in [4.78, 5) is 13.0. The van der Waals surface area contributed by atoms with Crippen molar-refractivity contribution in [2.45, 2.75) is 0 Å². The number of fused-ring (bicyclic) bond motifs is 8. The zero-order valence-electron chi connectivity index (χ0n) is 30.3. The molecular weight excluding hydrogens is 683 g/mol. The molecule has 11 rings (SSSR count). The molecule has 0 aliphatic carbocycles. The summed E-state index contributed by atoms with van der Waals surface area (Å²) >= 11 is 0. The molecule has 0 atom stereocenters. The second-order valence-electron chi connectivity index (χ2n) is 14.2. The molecule has 56 heavy (non-hydrogen) atoms. The Balaban J connectivity index is 1.04. The molecule has 262 valence electrons. The number of hydrogen-bond acceptors (Lipinski definition) is 4. The molecule has 0 radical (unpaired) electrons. The first kappa shape index (κ1) is 31.9. The van der Waals surface area contributed by atoms with Crippen molar-refractivity contribution in [2.75, 3.05) is 4.90 Å². The van der Waals surface area contributed by atoms with Crippen molar-refractivity contribution in [3.8, 4) is 33.6 Å². The number of hydrogen-bond donors (Lipinski definition) is 0. The molecule has 0 amide bonds. The average Bonchev–Trinajstić information content (AvgIpc) is 3.65. The molecule has 4 heteroatoms. The van der Waals surface area contributed by atoms with Gasteiger partial charge in [-0.2, -0.15) is 0 Å². The number of nitrogens with zero attached hydrogens (tertiary/aromatic N) is 3. The Labute approximate surface area is 323 Å². The third-order valence-corrected chi connectivity index (χ3v) is 10.8. The standard InChI is InChI=1S/C52H33N3O/c1-4-12-37(13-5-1)50-51(38-14-6-2-7-15-38)54-52-46(53-50)31-26-36-22-20-35-21-23-39(32-45(35)49(36)52)34-24-27-41(28-25-34)55(40-16-8-3-9-17-40)42-29-30-44-43-18-10-11-19-47(43)56-48(44)33-42/h1-33H. The van der Waals surface area contributed by atoms with Gasteiger partial charge in [0.25, 0.3) is 0 Å². The fraction of sp³-hybridized carbons (Fsp3) is 0. The maximum atomic E-state index is 6.30. The summed E-state index contributed by atoms with van der Waals surface area (Å²) < 4.78 is 6.30. The van der Waals surface area contributed by atoms with Gasteiger partial charge in [0.05, 0.1) is 22.4 Å². The quantitative estimate of drug-likeness (QED) is 0.161. The topological polar surface area (TPSA) is 42.2 Å². The van der Waals surface area contributed by atoms with Crippen LogP contribution in [0.1, 0.15) is 0 Å². The van der Waals surface area contributed by atoms with Crippen molar-refractivity contribution in [3.05, 3.63) is 200 Å². The molecule has 2 aromatic heterocycles. The van der Waals surface area contributed by atoms with E-state index < -0.39 is 0 Å². The maximum absolute atomic E-state index is 6.30. The molecule has 0 aliphatic rings. The van der Waals surface area contributed by atoms with Crippen molar-refractivity contribution in [3.63, 3.8) is 0 Å². The van der Waals surface area contributed by atoms with Crippen molar-refractivity contribution in [1.29, 1.82) is 0 Å². The van der Waals surface area contributed by atoms with Crippen LogP contribution in [0.2, 0.25) is 0 Å². The second kappa shape index (κ2) is 13.1. The van der Waals surface area contributed by atoms with Gasteiger partial charge in [0.1, 0.15) is 11.2 Å². The van der Waals surface area contributed by atoms with E-state index in [2.05, 4.69) is 181 Å². The van der Waals surface area contributed by atoms with E-state index in [1.165, 1.54) is 0 Å². The highest BCUT2D eigenvalue weighted by atomic mass is 16.3. The van der Waals surface area contributed by atoms with Crippen molar-refractivity contribution in [1.82, 2.24) is 9.97 Å². The average molecular weight is 716 g/mol. The van der Waals surface area contributed by atoms with E-state index in [9.17, 15) is 0 Å². The molecule has 0 saturated heterocycles. The SMILES string of the molecule is c1ccc(-c2nc3ccc4ccc5ccc(-c6ccc(N(c7ccccc7)c7ccc8c(c7)oc7ccccc78)cc6)cc5c4c3nc2-c2ccccc2)cc1. The van der Waals surface area contributed by atoms with Crippen molar-refractivity contribution >= 4 is 71.6 Å². The van der Waals surface area contributed by atoms with Crippen molar-refractivity contribution in [2.24, 2.45) is 0 Å². The Morgan fingerprint density at radius 1 is 0.357 bits per heavy atom. The first-order valence-electron chi connectivity index (χ1n) is 18.9. The highest BCUT2D eigenvalue weighted by Gasteiger charge is 2.18. The van der Waals surface area contributed by atoms with Gasteiger partial charge in [-0.1, -0.05) is 140 Å². The number of anilines is 3. The Morgan fingerprint density at radius 3 is 1.70 bits per heavy atom. The van der Waals surface area contributed by atoms with Crippen LogP contribution < -0.4 is 4.90 Å². The summed E-state index contributed by atoms with van der Waals surface area (Å²) in [6.45, 7) is 0. The number of aromatic nitrogens is 2. The molecule has 0 unspecified atom stereocenters. The Kier molecular flexibility index (Phi) is 7.46. The maximum Gasteiger partial charge on any atom is 0.137 e. The zero-order chi connectivity index (χ0) is 37.0. The first-order chi connectivity index (χ1) is 27.7. The highest BCUT2D eigenvalue weighted by Crippen LogP contribution is 2.41. The molecule has 11 aromatic rings. The zero-order valence-corrected chi connectivity index (χ0v) is 30.3. The van der Waals surface area contributed by atoms with E-state index in [1.807, 2.05) is 24.3 Å². The molecule has 2 heterocycles. The van der Waals surface area contributed by atoms with Crippen LogP contribution in [0.15, 0.2) is 205 Å². The van der Waals surface area contributed by atoms with Crippen LogP contribution in [-0.2, 0) is 0 Å². The van der Waals surface area contributed by atoms with Gasteiger partial charge in [-0.15, -0.1) is 0 Å². The van der Waals surface area contributed by atoms with E-state index in [4.69, 9.17) is 14.4 Å². The van der Waals surface area contributed by atoms with Gasteiger partial charge in [0, 0.05) is 50.4 Å². The summed E-state index contributed by atoms with van der Waals surface area (Å²) in [6, 6.07) is 70.2. The Hall–Kier alpha value is -7.56. The summed E-state index contributed by atoms with van der Waals surface area (Å²) in [6.07, 6.45) is 0. The Bertz CT molecular complexity index is 3230. The lowest BCUT2D eigenvalue weighted by molar-refractivity contribution is 0.669. The summed E-state index contributed by atoms with van der Waals surface area (Å²) in [5.41, 5.74) is 12.8. The Morgan fingerprint density at radius 2 is 0.929 bits per heavy atom. The normalized spacial score (nSPS) is 11.6. The third kappa shape index (κ3) is 5.39. The fourth-order valence-electron chi connectivity index (χ4n) is 8.11. The lowest BCUT2D eigenvalue weighted by atomic mass is 9.95. The summed E-state index contributed by atoms with van der Waals surface area (Å²) in [5.74, 6) is 0. The molecule has 0 aliphatic heterocycles. The molecule has 4 nitrogen and oxygen atoms in total. The third-order valence-electron chi connectivity index (χ3n) is 10.8. The number of para-hydroxylation sites is 2. The first-order valence-corrected chi connectivity index (χ1v) is 18.9.